The molecule has 1 fully saturated rings. The molecule has 29 heavy (non-hydrogen) atoms. The van der Waals surface area contributed by atoms with Crippen LogP contribution in [-0.4, -0.2) is 30.5 Å². The molecule has 3 aromatic rings. The van der Waals surface area contributed by atoms with Crippen molar-refractivity contribution < 1.29 is 4.79 Å². The largest absolute Gasteiger partial charge is 0.357 e. The molecule has 0 spiro atoms. The highest BCUT2D eigenvalue weighted by molar-refractivity contribution is 5.87. The number of aromatic nitrogens is 1. The lowest BCUT2D eigenvalue weighted by Crippen LogP contribution is -2.40. The first-order chi connectivity index (χ1) is 14.3. The fourth-order valence-electron chi connectivity index (χ4n) is 4.04. The number of amides is 1. The second-order valence-corrected chi connectivity index (χ2v) is 7.62. The van der Waals surface area contributed by atoms with Crippen LogP contribution < -0.4 is 10.2 Å². The number of benzene rings is 2. The summed E-state index contributed by atoms with van der Waals surface area (Å²) in [7, 11) is 0. The Balaban J connectivity index is 1.37. The molecule has 0 radical (unpaired) electrons. The third-order valence-corrected chi connectivity index (χ3v) is 5.68. The van der Waals surface area contributed by atoms with Crippen LogP contribution in [0.4, 0.5) is 5.82 Å². The van der Waals surface area contributed by atoms with Crippen molar-refractivity contribution in [1.82, 2.24) is 10.3 Å². The SMILES string of the molecule is O=C(NCC1CCN(c2ccccn2)CC1)C(c1ccccc1)c1ccccc1. The quantitative estimate of drug-likeness (QED) is 0.690. The third kappa shape index (κ3) is 4.83. The number of hydrogen-bond acceptors (Lipinski definition) is 3. The van der Waals surface area contributed by atoms with Crippen molar-refractivity contribution >= 4 is 11.7 Å². The first kappa shape index (κ1) is 19.2. The van der Waals surface area contributed by atoms with E-state index >= 15 is 0 Å². The van der Waals surface area contributed by atoms with Crippen LogP contribution in [0.2, 0.25) is 0 Å². The van der Waals surface area contributed by atoms with Gasteiger partial charge < -0.3 is 10.2 Å². The lowest BCUT2D eigenvalue weighted by Gasteiger charge is -2.33. The van der Waals surface area contributed by atoms with Crippen LogP contribution in [0.25, 0.3) is 0 Å². The molecule has 0 atom stereocenters. The maximum Gasteiger partial charge on any atom is 0.232 e. The normalized spacial score (nSPS) is 14.7. The molecule has 1 aliphatic rings. The minimum absolute atomic E-state index is 0.0783. The zero-order valence-corrected chi connectivity index (χ0v) is 16.6. The second-order valence-electron chi connectivity index (χ2n) is 7.62. The van der Waals surface area contributed by atoms with Gasteiger partial charge in [0.2, 0.25) is 5.91 Å². The van der Waals surface area contributed by atoms with E-state index in [1.807, 2.05) is 79.0 Å². The standard InChI is InChI=1S/C25H27N3O/c29-25(24(21-9-3-1-4-10-21)22-11-5-2-6-12-22)27-19-20-14-17-28(18-15-20)23-13-7-8-16-26-23/h1-13,16,20,24H,14-15,17-19H2,(H,27,29). The molecule has 148 valence electrons. The van der Waals surface area contributed by atoms with E-state index in [-0.39, 0.29) is 11.8 Å². The van der Waals surface area contributed by atoms with Crippen LogP contribution in [0.1, 0.15) is 29.9 Å². The van der Waals surface area contributed by atoms with Crippen molar-refractivity contribution in [3.8, 4) is 0 Å². The molecule has 2 aromatic carbocycles. The van der Waals surface area contributed by atoms with Crippen LogP contribution >= 0.6 is 0 Å². The summed E-state index contributed by atoms with van der Waals surface area (Å²) < 4.78 is 0. The molecule has 0 unspecified atom stereocenters. The molecule has 4 rings (SSSR count). The topological polar surface area (TPSA) is 45.2 Å². The number of carbonyl (C=O) groups excluding carboxylic acids is 1. The summed E-state index contributed by atoms with van der Waals surface area (Å²) in [5.41, 5.74) is 2.06. The van der Waals surface area contributed by atoms with Crippen LogP contribution in [-0.2, 0) is 4.79 Å². The van der Waals surface area contributed by atoms with Crippen molar-refractivity contribution in [1.29, 1.82) is 0 Å². The molecule has 1 aliphatic heterocycles. The van der Waals surface area contributed by atoms with Crippen molar-refractivity contribution in [3.63, 3.8) is 0 Å². The van der Waals surface area contributed by atoms with Crippen molar-refractivity contribution in [3.05, 3.63) is 96.2 Å². The van der Waals surface area contributed by atoms with E-state index in [9.17, 15) is 4.79 Å². The van der Waals surface area contributed by atoms with Gasteiger partial charge in [-0.05, 0) is 42.0 Å². The number of nitrogens with zero attached hydrogens (tertiary/aromatic N) is 2. The summed E-state index contributed by atoms with van der Waals surface area (Å²) in [6.07, 6.45) is 3.98. The molecule has 0 saturated carbocycles. The Morgan fingerprint density at radius 3 is 2.03 bits per heavy atom. The van der Waals surface area contributed by atoms with E-state index in [0.29, 0.717) is 5.92 Å². The van der Waals surface area contributed by atoms with Gasteiger partial charge in [0.05, 0.1) is 5.92 Å². The van der Waals surface area contributed by atoms with Crippen LogP contribution in [0.3, 0.4) is 0 Å². The Morgan fingerprint density at radius 2 is 1.48 bits per heavy atom. The van der Waals surface area contributed by atoms with Crippen molar-refractivity contribution in [2.75, 3.05) is 24.5 Å². The highest BCUT2D eigenvalue weighted by atomic mass is 16.1. The van der Waals surface area contributed by atoms with Gasteiger partial charge in [0.15, 0.2) is 0 Å². The fraction of sp³-hybridized carbons (Fsp3) is 0.280. The third-order valence-electron chi connectivity index (χ3n) is 5.68. The van der Waals surface area contributed by atoms with Gasteiger partial charge in [-0.3, -0.25) is 4.79 Å². The average molecular weight is 386 g/mol. The van der Waals surface area contributed by atoms with Crippen molar-refractivity contribution in [2.24, 2.45) is 5.92 Å². The zero-order valence-electron chi connectivity index (χ0n) is 16.6. The maximum absolute atomic E-state index is 13.1. The monoisotopic (exact) mass is 385 g/mol. The van der Waals surface area contributed by atoms with Gasteiger partial charge in [-0.25, -0.2) is 4.98 Å². The van der Waals surface area contributed by atoms with E-state index < -0.39 is 0 Å². The molecular weight excluding hydrogens is 358 g/mol. The smallest absolute Gasteiger partial charge is 0.232 e. The number of piperidine rings is 1. The van der Waals surface area contributed by atoms with Gasteiger partial charge in [0, 0.05) is 25.8 Å². The number of nitrogens with one attached hydrogen (secondary N) is 1. The summed E-state index contributed by atoms with van der Waals surface area (Å²) in [6, 6.07) is 26.1. The van der Waals surface area contributed by atoms with E-state index in [0.717, 1.165) is 49.4 Å². The average Bonchev–Trinajstić information content (AvgIpc) is 2.80. The maximum atomic E-state index is 13.1. The minimum Gasteiger partial charge on any atom is -0.357 e. The van der Waals surface area contributed by atoms with E-state index in [4.69, 9.17) is 0 Å². The van der Waals surface area contributed by atoms with E-state index in [1.165, 1.54) is 0 Å². The predicted molar refractivity (Wildman–Crippen MR) is 117 cm³/mol. The summed E-state index contributed by atoms with van der Waals surface area (Å²) in [5, 5.41) is 3.23. The Bertz CT molecular complexity index is 852. The second kappa shape index (κ2) is 9.37. The Kier molecular flexibility index (Phi) is 6.20. The lowest BCUT2D eigenvalue weighted by molar-refractivity contribution is -0.121. The van der Waals surface area contributed by atoms with Gasteiger partial charge in [-0.2, -0.15) is 0 Å². The van der Waals surface area contributed by atoms with Gasteiger partial charge >= 0.3 is 0 Å². The van der Waals surface area contributed by atoms with Crippen LogP contribution in [0.5, 0.6) is 0 Å². The minimum atomic E-state index is -0.272. The molecule has 1 amide bonds. The molecule has 0 aliphatic carbocycles. The number of rotatable bonds is 6. The molecule has 1 saturated heterocycles. The number of anilines is 1. The Hall–Kier alpha value is -3.14. The van der Waals surface area contributed by atoms with Gasteiger partial charge in [-0.15, -0.1) is 0 Å². The highest BCUT2D eigenvalue weighted by Gasteiger charge is 2.25. The van der Waals surface area contributed by atoms with Crippen LogP contribution in [0.15, 0.2) is 85.1 Å². The summed E-state index contributed by atoms with van der Waals surface area (Å²) >= 11 is 0. The van der Waals surface area contributed by atoms with Crippen LogP contribution in [0, 0.1) is 5.92 Å². The molecule has 1 aromatic heterocycles. The summed E-state index contributed by atoms with van der Waals surface area (Å²) in [6.45, 7) is 2.70. The molecular formula is C25H27N3O. The summed E-state index contributed by atoms with van der Waals surface area (Å²) in [5.74, 6) is 1.36. The zero-order chi connectivity index (χ0) is 19.9. The molecule has 2 heterocycles. The Labute approximate surface area is 172 Å². The fourth-order valence-corrected chi connectivity index (χ4v) is 4.04. The predicted octanol–water partition coefficient (Wildman–Crippen LogP) is 4.25. The number of carbonyl (C=O) groups is 1. The van der Waals surface area contributed by atoms with E-state index in [1.54, 1.807) is 0 Å². The number of pyridine rings is 1. The molecule has 0 bridgehead atoms. The van der Waals surface area contributed by atoms with Gasteiger partial charge in [0.1, 0.15) is 5.82 Å². The van der Waals surface area contributed by atoms with Gasteiger partial charge in [-0.1, -0.05) is 66.7 Å². The molecule has 1 N–H and O–H groups in total. The first-order valence-corrected chi connectivity index (χ1v) is 10.3. The number of hydrogen-bond donors (Lipinski definition) is 1. The van der Waals surface area contributed by atoms with Crippen molar-refractivity contribution in [2.45, 2.75) is 18.8 Å². The van der Waals surface area contributed by atoms with E-state index in [2.05, 4.69) is 21.3 Å². The molecule has 4 heteroatoms. The Morgan fingerprint density at radius 1 is 0.897 bits per heavy atom. The lowest BCUT2D eigenvalue weighted by atomic mass is 9.90. The first-order valence-electron chi connectivity index (χ1n) is 10.3. The highest BCUT2D eigenvalue weighted by Crippen LogP contribution is 2.26. The van der Waals surface area contributed by atoms with Gasteiger partial charge in [0.25, 0.3) is 0 Å². The summed E-state index contributed by atoms with van der Waals surface area (Å²) in [4.78, 5) is 19.9. The molecule has 4 nitrogen and oxygen atoms in total.